The van der Waals surface area contributed by atoms with Gasteiger partial charge >= 0.3 is 6.18 Å². The van der Waals surface area contributed by atoms with Crippen LogP contribution in [0.25, 0.3) is 5.69 Å². The number of carbonyl (C=O) groups is 1. The summed E-state index contributed by atoms with van der Waals surface area (Å²) in [6, 6.07) is 5.35. The number of carbonyl (C=O) groups excluding carboxylic acids is 1. The van der Waals surface area contributed by atoms with Crippen molar-refractivity contribution in [2.24, 2.45) is 0 Å². The Morgan fingerprint density at radius 2 is 1.96 bits per heavy atom. The van der Waals surface area contributed by atoms with E-state index in [2.05, 4.69) is 5.10 Å². The number of nitrogens with zero attached hydrogens (tertiary/aromatic N) is 3. The molecule has 0 bridgehead atoms. The molecule has 0 radical (unpaired) electrons. The topological polar surface area (TPSA) is 38.1 Å². The van der Waals surface area contributed by atoms with Crippen molar-refractivity contribution in [2.45, 2.75) is 43.8 Å². The van der Waals surface area contributed by atoms with Gasteiger partial charge in [0, 0.05) is 19.0 Å². The number of aromatic nitrogens is 2. The Balaban J connectivity index is 1.75. The lowest BCUT2D eigenvalue weighted by atomic mass is 10.1. The van der Waals surface area contributed by atoms with Crippen molar-refractivity contribution in [1.82, 2.24) is 14.7 Å². The fraction of sp³-hybridized carbons (Fsp3) is 0.444. The zero-order chi connectivity index (χ0) is 17.8. The molecule has 2 aliphatic carbocycles. The van der Waals surface area contributed by atoms with Gasteiger partial charge in [0.25, 0.3) is 5.91 Å². The Morgan fingerprint density at radius 3 is 2.56 bits per heavy atom. The molecule has 1 aromatic carbocycles. The summed E-state index contributed by atoms with van der Waals surface area (Å²) in [7, 11) is 1.78. The zero-order valence-corrected chi connectivity index (χ0v) is 13.8. The molecule has 1 heterocycles. The van der Waals surface area contributed by atoms with Crippen molar-refractivity contribution in [3.8, 4) is 5.69 Å². The van der Waals surface area contributed by atoms with Crippen molar-refractivity contribution in [1.29, 1.82) is 0 Å². The second kappa shape index (κ2) is 5.61. The summed E-state index contributed by atoms with van der Waals surface area (Å²) in [4.78, 5) is 14.5. The average molecular weight is 349 g/mol. The molecule has 0 atom stereocenters. The predicted molar refractivity (Wildman–Crippen MR) is 85.7 cm³/mol. The quantitative estimate of drug-likeness (QED) is 0.837. The zero-order valence-electron chi connectivity index (χ0n) is 13.8. The molecule has 1 aromatic heterocycles. The first-order valence-corrected chi connectivity index (χ1v) is 8.39. The molecule has 0 saturated heterocycles. The predicted octanol–water partition coefficient (Wildman–Crippen LogP) is 4.00. The van der Waals surface area contributed by atoms with Crippen LogP contribution >= 0.6 is 0 Å². The third-order valence-corrected chi connectivity index (χ3v) is 4.83. The molecular weight excluding hydrogens is 331 g/mol. The Labute approximate surface area is 143 Å². The Morgan fingerprint density at radius 1 is 1.24 bits per heavy atom. The lowest BCUT2D eigenvalue weighted by molar-refractivity contribution is -0.137. The van der Waals surface area contributed by atoms with Gasteiger partial charge in [0.15, 0.2) is 0 Å². The first-order chi connectivity index (χ1) is 11.9. The molecule has 0 aliphatic heterocycles. The fourth-order valence-corrected chi connectivity index (χ4v) is 3.11. The molecule has 2 saturated carbocycles. The second-order valence-corrected chi connectivity index (χ2v) is 6.82. The molecule has 132 valence electrons. The van der Waals surface area contributed by atoms with Gasteiger partial charge in [0.1, 0.15) is 0 Å². The molecule has 2 aliphatic rings. The van der Waals surface area contributed by atoms with Gasteiger partial charge in [-0.1, -0.05) is 6.07 Å². The third-order valence-electron chi connectivity index (χ3n) is 4.83. The molecule has 0 unspecified atom stereocenters. The van der Waals surface area contributed by atoms with E-state index in [-0.39, 0.29) is 17.9 Å². The van der Waals surface area contributed by atoms with Crippen molar-refractivity contribution in [3.63, 3.8) is 0 Å². The maximum atomic E-state index is 13.0. The Bertz CT molecular complexity index is 819. The van der Waals surface area contributed by atoms with Crippen LogP contribution in [0, 0.1) is 0 Å². The number of amides is 1. The molecule has 0 spiro atoms. The maximum Gasteiger partial charge on any atom is 0.416 e. The smallest absolute Gasteiger partial charge is 0.339 e. The fourth-order valence-electron chi connectivity index (χ4n) is 3.11. The minimum absolute atomic E-state index is 0.0948. The Hall–Kier alpha value is -2.31. The van der Waals surface area contributed by atoms with E-state index in [0.29, 0.717) is 11.3 Å². The van der Waals surface area contributed by atoms with E-state index in [1.54, 1.807) is 18.0 Å². The van der Waals surface area contributed by atoms with Crippen molar-refractivity contribution >= 4 is 5.91 Å². The second-order valence-electron chi connectivity index (χ2n) is 6.82. The van der Waals surface area contributed by atoms with E-state index in [9.17, 15) is 18.0 Å². The van der Waals surface area contributed by atoms with Gasteiger partial charge in [-0.15, -0.1) is 0 Å². The molecular formula is C18H18F3N3O. The highest BCUT2D eigenvalue weighted by Gasteiger charge is 2.37. The lowest BCUT2D eigenvalue weighted by Crippen LogP contribution is -2.29. The van der Waals surface area contributed by atoms with Gasteiger partial charge in [-0.25, -0.2) is 4.68 Å². The molecule has 2 fully saturated rings. The van der Waals surface area contributed by atoms with Gasteiger partial charge in [-0.3, -0.25) is 4.79 Å². The SMILES string of the molecule is CN(C(=O)c1cnn(-c2cccc(C(F)(F)F)c2)c1C1CC1)C1CC1. The summed E-state index contributed by atoms with van der Waals surface area (Å²) in [6.45, 7) is 0. The van der Waals surface area contributed by atoms with E-state index in [4.69, 9.17) is 0 Å². The summed E-state index contributed by atoms with van der Waals surface area (Å²) in [6.07, 6.45) is 0.949. The molecule has 0 N–H and O–H groups in total. The van der Waals surface area contributed by atoms with Gasteiger partial charge in [0.05, 0.1) is 28.7 Å². The normalized spacial score (nSPS) is 17.6. The minimum Gasteiger partial charge on any atom is -0.339 e. The van der Waals surface area contributed by atoms with Crippen LogP contribution < -0.4 is 0 Å². The summed E-state index contributed by atoms with van der Waals surface area (Å²) >= 11 is 0. The third kappa shape index (κ3) is 3.03. The highest BCUT2D eigenvalue weighted by molar-refractivity contribution is 5.95. The minimum atomic E-state index is -4.41. The van der Waals surface area contributed by atoms with Crippen LogP contribution in [0.4, 0.5) is 13.2 Å². The first-order valence-electron chi connectivity index (χ1n) is 8.39. The number of halogens is 3. The van der Waals surface area contributed by atoms with Crippen LogP contribution in [0.15, 0.2) is 30.5 Å². The maximum absolute atomic E-state index is 13.0. The van der Waals surface area contributed by atoms with E-state index < -0.39 is 11.7 Å². The van der Waals surface area contributed by atoms with Gasteiger partial charge < -0.3 is 4.90 Å². The van der Waals surface area contributed by atoms with Gasteiger partial charge in [-0.05, 0) is 43.9 Å². The molecule has 1 amide bonds. The van der Waals surface area contributed by atoms with E-state index in [0.717, 1.165) is 43.5 Å². The number of benzene rings is 1. The van der Waals surface area contributed by atoms with Crippen LogP contribution in [-0.2, 0) is 6.18 Å². The number of rotatable bonds is 4. The summed E-state index contributed by atoms with van der Waals surface area (Å²) < 4.78 is 40.5. The lowest BCUT2D eigenvalue weighted by Gasteiger charge is -2.17. The molecule has 25 heavy (non-hydrogen) atoms. The molecule has 7 heteroatoms. The number of hydrogen-bond acceptors (Lipinski definition) is 2. The van der Waals surface area contributed by atoms with Crippen molar-refractivity contribution in [3.05, 3.63) is 47.3 Å². The van der Waals surface area contributed by atoms with Crippen LogP contribution in [-0.4, -0.2) is 33.7 Å². The van der Waals surface area contributed by atoms with E-state index in [1.165, 1.54) is 16.9 Å². The molecule has 2 aromatic rings. The average Bonchev–Trinajstić information content (AvgIpc) is 3.50. The standard InChI is InChI=1S/C18H18F3N3O/c1-23(13-7-8-13)17(25)15-10-22-24(16(15)11-5-6-11)14-4-2-3-12(9-14)18(19,20)21/h2-4,9-11,13H,5-8H2,1H3. The largest absolute Gasteiger partial charge is 0.416 e. The van der Waals surface area contributed by atoms with Crippen molar-refractivity contribution in [2.75, 3.05) is 7.05 Å². The monoisotopic (exact) mass is 349 g/mol. The number of hydrogen-bond donors (Lipinski definition) is 0. The highest BCUT2D eigenvalue weighted by Crippen LogP contribution is 2.43. The summed E-state index contributed by atoms with van der Waals surface area (Å²) in [5.74, 6) is 0.0891. The van der Waals surface area contributed by atoms with Crippen LogP contribution in [0.3, 0.4) is 0 Å². The van der Waals surface area contributed by atoms with E-state index >= 15 is 0 Å². The van der Waals surface area contributed by atoms with E-state index in [1.807, 2.05) is 0 Å². The molecule has 4 rings (SSSR count). The number of alkyl halides is 3. The van der Waals surface area contributed by atoms with Crippen LogP contribution in [0.1, 0.15) is 53.2 Å². The Kier molecular flexibility index (Phi) is 3.63. The summed E-state index contributed by atoms with van der Waals surface area (Å²) in [5.41, 5.74) is 0.862. The molecule has 4 nitrogen and oxygen atoms in total. The van der Waals surface area contributed by atoms with Gasteiger partial charge in [0.2, 0.25) is 0 Å². The van der Waals surface area contributed by atoms with Crippen LogP contribution in [0.2, 0.25) is 0 Å². The van der Waals surface area contributed by atoms with Gasteiger partial charge in [-0.2, -0.15) is 18.3 Å². The summed E-state index contributed by atoms with van der Waals surface area (Å²) in [5, 5.41) is 4.26. The highest BCUT2D eigenvalue weighted by atomic mass is 19.4. The van der Waals surface area contributed by atoms with Crippen molar-refractivity contribution < 1.29 is 18.0 Å². The van der Waals surface area contributed by atoms with Crippen LogP contribution in [0.5, 0.6) is 0 Å². The first kappa shape index (κ1) is 16.2.